The van der Waals surface area contributed by atoms with Gasteiger partial charge in [-0.15, -0.1) is 0 Å². The van der Waals surface area contributed by atoms with Crippen molar-refractivity contribution >= 4 is 5.97 Å². The summed E-state index contributed by atoms with van der Waals surface area (Å²) in [5, 5.41) is 0. The molecule has 1 atom stereocenters. The molecule has 3 aromatic rings. The number of hydrogen-bond donors (Lipinski definition) is 0. The van der Waals surface area contributed by atoms with E-state index in [1.54, 1.807) is 18.2 Å². The molecule has 1 heterocycles. The number of rotatable bonds is 7. The Morgan fingerprint density at radius 2 is 1.67 bits per heavy atom. The normalized spacial score (nSPS) is 21.3. The Balaban J connectivity index is 1.21. The van der Waals surface area contributed by atoms with Gasteiger partial charge in [0.2, 0.25) is 0 Å². The second kappa shape index (κ2) is 10.5. The Morgan fingerprint density at radius 3 is 2.31 bits per heavy atom. The van der Waals surface area contributed by atoms with Crippen molar-refractivity contribution in [2.75, 3.05) is 6.61 Å². The zero-order valence-electron chi connectivity index (χ0n) is 20.2. The van der Waals surface area contributed by atoms with E-state index in [1.165, 1.54) is 17.7 Å². The fourth-order valence-electron chi connectivity index (χ4n) is 5.09. The number of hydrogen-bond acceptors (Lipinski definition) is 3. The summed E-state index contributed by atoms with van der Waals surface area (Å²) in [7, 11) is 0. The van der Waals surface area contributed by atoms with Crippen LogP contribution in [0.2, 0.25) is 0 Å². The summed E-state index contributed by atoms with van der Waals surface area (Å²) in [6, 6.07) is 15.3. The lowest BCUT2D eigenvalue weighted by Gasteiger charge is -2.29. The van der Waals surface area contributed by atoms with E-state index in [-0.39, 0.29) is 29.3 Å². The molecule has 188 valence electrons. The van der Waals surface area contributed by atoms with Crippen molar-refractivity contribution in [3.63, 3.8) is 0 Å². The fourth-order valence-corrected chi connectivity index (χ4v) is 5.09. The maximum absolute atomic E-state index is 15.1. The molecule has 1 aliphatic heterocycles. The van der Waals surface area contributed by atoms with E-state index in [2.05, 4.69) is 6.92 Å². The molecule has 3 aromatic carbocycles. The quantitative estimate of drug-likeness (QED) is 0.250. The van der Waals surface area contributed by atoms with Crippen LogP contribution in [0.25, 0.3) is 11.1 Å². The van der Waals surface area contributed by atoms with Crippen LogP contribution < -0.4 is 0 Å². The van der Waals surface area contributed by atoms with Crippen LogP contribution in [0.4, 0.5) is 13.2 Å². The topological polar surface area (TPSA) is 38.8 Å². The number of carbonyl (C=O) groups excluding carboxylic acids is 1. The first-order valence-corrected chi connectivity index (χ1v) is 12.6. The maximum atomic E-state index is 15.1. The van der Waals surface area contributed by atoms with Crippen LogP contribution in [0.1, 0.15) is 78.1 Å². The zero-order valence-corrected chi connectivity index (χ0v) is 20.2. The van der Waals surface area contributed by atoms with Gasteiger partial charge in [-0.3, -0.25) is 0 Å². The van der Waals surface area contributed by atoms with E-state index in [0.717, 1.165) is 12.8 Å². The lowest BCUT2D eigenvalue weighted by molar-refractivity contribution is 0.0189. The molecule has 1 aliphatic carbocycles. The molecule has 3 nitrogen and oxygen atoms in total. The van der Waals surface area contributed by atoms with Gasteiger partial charge in [-0.25, -0.2) is 18.0 Å². The van der Waals surface area contributed by atoms with Crippen molar-refractivity contribution in [3.8, 4) is 11.1 Å². The minimum atomic E-state index is -0.834. The Hall–Kier alpha value is -3.12. The molecule has 36 heavy (non-hydrogen) atoms. The summed E-state index contributed by atoms with van der Waals surface area (Å²) in [5.74, 6) is -3.14. The third-order valence-electron chi connectivity index (χ3n) is 7.22. The lowest BCUT2D eigenvalue weighted by atomic mass is 9.82. The van der Waals surface area contributed by atoms with Crippen molar-refractivity contribution in [2.24, 2.45) is 0 Å². The smallest absolute Gasteiger partial charge is 0.341 e. The molecule has 0 spiro atoms. The molecule has 2 aliphatic rings. The van der Waals surface area contributed by atoms with Crippen molar-refractivity contribution in [3.05, 3.63) is 94.3 Å². The van der Waals surface area contributed by atoms with Gasteiger partial charge in [-0.2, -0.15) is 0 Å². The van der Waals surface area contributed by atoms with Crippen LogP contribution in [0, 0.1) is 17.5 Å². The van der Waals surface area contributed by atoms with Gasteiger partial charge in [0, 0.05) is 5.56 Å². The summed E-state index contributed by atoms with van der Waals surface area (Å²) in [5.41, 5.74) is 3.03. The standard InChI is InChI=1S/C30H29F3O3/c1-2-3-18-4-6-19(7-5-18)23-14-15-24(29(33)28(23)32)20-8-11-22(12-9-20)36-30(34)25-13-10-21(16-26(25)31)27-17-35-27/h4-7,10,13-16,20,22,27H,2-3,8-9,11-12,17H2,1H3. The SMILES string of the molecule is CCCc1ccc(-c2ccc(C3CCC(OC(=O)c4ccc(C5CO5)cc4F)CC3)c(F)c2F)cc1. The minimum Gasteiger partial charge on any atom is -0.459 e. The maximum Gasteiger partial charge on any atom is 0.341 e. The second-order valence-electron chi connectivity index (χ2n) is 9.72. The van der Waals surface area contributed by atoms with E-state index in [1.807, 2.05) is 24.3 Å². The van der Waals surface area contributed by atoms with Crippen molar-refractivity contribution in [1.82, 2.24) is 0 Å². The van der Waals surface area contributed by atoms with Gasteiger partial charge in [0.1, 0.15) is 18.0 Å². The summed E-state index contributed by atoms with van der Waals surface area (Å²) in [6.45, 7) is 2.66. The number of ether oxygens (including phenoxy) is 2. The monoisotopic (exact) mass is 494 g/mol. The summed E-state index contributed by atoms with van der Waals surface area (Å²) >= 11 is 0. The first kappa shape index (κ1) is 24.6. The molecular formula is C30H29F3O3. The van der Waals surface area contributed by atoms with Gasteiger partial charge >= 0.3 is 5.97 Å². The van der Waals surface area contributed by atoms with Gasteiger partial charge in [0.15, 0.2) is 11.6 Å². The van der Waals surface area contributed by atoms with Gasteiger partial charge in [-0.1, -0.05) is 55.8 Å². The number of epoxide rings is 1. The van der Waals surface area contributed by atoms with Gasteiger partial charge in [-0.05, 0) is 72.4 Å². The Morgan fingerprint density at radius 1 is 0.944 bits per heavy atom. The molecule has 1 unspecified atom stereocenters. The number of esters is 1. The second-order valence-corrected chi connectivity index (χ2v) is 9.72. The third-order valence-corrected chi connectivity index (χ3v) is 7.22. The van der Waals surface area contributed by atoms with Crippen LogP contribution in [0.5, 0.6) is 0 Å². The Bertz CT molecular complexity index is 1240. The number of carbonyl (C=O) groups is 1. The Kier molecular flexibility index (Phi) is 7.15. The predicted octanol–water partition coefficient (Wildman–Crippen LogP) is 7.68. The molecule has 0 bridgehead atoms. The van der Waals surface area contributed by atoms with Gasteiger partial charge in [0.05, 0.1) is 12.2 Å². The Labute approximate surface area is 209 Å². The molecular weight excluding hydrogens is 465 g/mol. The first-order chi connectivity index (χ1) is 17.4. The van der Waals surface area contributed by atoms with E-state index < -0.39 is 23.4 Å². The third kappa shape index (κ3) is 5.19. The van der Waals surface area contributed by atoms with Gasteiger partial charge < -0.3 is 9.47 Å². The molecule has 0 N–H and O–H groups in total. The molecule has 2 fully saturated rings. The summed E-state index contributed by atoms with van der Waals surface area (Å²) < 4.78 is 55.2. The first-order valence-electron chi connectivity index (χ1n) is 12.6. The highest BCUT2D eigenvalue weighted by Crippen LogP contribution is 2.38. The van der Waals surface area contributed by atoms with Crippen molar-refractivity contribution in [2.45, 2.75) is 63.6 Å². The zero-order chi connectivity index (χ0) is 25.2. The fraction of sp³-hybridized carbons (Fsp3) is 0.367. The molecule has 0 aromatic heterocycles. The van der Waals surface area contributed by atoms with Crippen molar-refractivity contribution in [1.29, 1.82) is 0 Å². The summed E-state index contributed by atoms with van der Waals surface area (Å²) in [4.78, 5) is 12.5. The van der Waals surface area contributed by atoms with E-state index in [9.17, 15) is 9.18 Å². The van der Waals surface area contributed by atoms with Crippen LogP contribution in [-0.2, 0) is 15.9 Å². The highest BCUT2D eigenvalue weighted by atomic mass is 19.2. The van der Waals surface area contributed by atoms with Crippen LogP contribution in [-0.4, -0.2) is 18.7 Å². The van der Waals surface area contributed by atoms with E-state index in [0.29, 0.717) is 49.0 Å². The van der Waals surface area contributed by atoms with Gasteiger partial charge in [0.25, 0.3) is 0 Å². The average Bonchev–Trinajstić information content (AvgIpc) is 3.73. The largest absolute Gasteiger partial charge is 0.459 e. The molecule has 0 radical (unpaired) electrons. The van der Waals surface area contributed by atoms with Crippen LogP contribution >= 0.6 is 0 Å². The molecule has 1 saturated heterocycles. The molecule has 5 rings (SSSR count). The van der Waals surface area contributed by atoms with Crippen LogP contribution in [0.3, 0.4) is 0 Å². The number of halogens is 3. The predicted molar refractivity (Wildman–Crippen MR) is 131 cm³/mol. The van der Waals surface area contributed by atoms with E-state index in [4.69, 9.17) is 9.47 Å². The van der Waals surface area contributed by atoms with E-state index >= 15 is 8.78 Å². The number of aryl methyl sites for hydroxylation is 1. The molecule has 1 saturated carbocycles. The summed E-state index contributed by atoms with van der Waals surface area (Å²) in [6.07, 6.45) is 3.63. The lowest BCUT2D eigenvalue weighted by Crippen LogP contribution is -2.25. The minimum absolute atomic E-state index is 0.0921. The highest BCUT2D eigenvalue weighted by molar-refractivity contribution is 5.89. The van der Waals surface area contributed by atoms with Crippen molar-refractivity contribution < 1.29 is 27.4 Å². The molecule has 6 heteroatoms. The molecule has 0 amide bonds. The highest BCUT2D eigenvalue weighted by Gasteiger charge is 2.30. The average molecular weight is 495 g/mol. The number of benzene rings is 3. The van der Waals surface area contributed by atoms with Crippen LogP contribution in [0.15, 0.2) is 54.6 Å².